The fourth-order valence-corrected chi connectivity index (χ4v) is 5.14. The summed E-state index contributed by atoms with van der Waals surface area (Å²) in [6, 6.07) is 19.2. The molecule has 0 fully saturated rings. The second kappa shape index (κ2) is 11.5. The van der Waals surface area contributed by atoms with Gasteiger partial charge < -0.3 is 15.1 Å². The van der Waals surface area contributed by atoms with Crippen LogP contribution in [0.15, 0.2) is 99.8 Å². The Kier molecular flexibility index (Phi) is 7.45. The maximum absolute atomic E-state index is 13.6. The van der Waals surface area contributed by atoms with Crippen molar-refractivity contribution in [1.82, 2.24) is 25.4 Å². The fourth-order valence-electron chi connectivity index (χ4n) is 4.80. The standard InChI is InChI=1S/C31H27ClFN7O2/c1-18-8-10-23(24(32)12-18)28-27(29(41)34-14-21-15-35-40(17-21)16-20-6-4-3-5-7-20)19(2)36-30(38-28)39-31-37-25-11-9-22(33)13-26(25)42-31/h3-13,15,17,28H,14,16H2,1-2H3,(H,34,41)(H2,36,37,38,39). The van der Waals surface area contributed by atoms with Gasteiger partial charge in [-0.05, 0) is 43.2 Å². The highest BCUT2D eigenvalue weighted by Crippen LogP contribution is 2.35. The number of hydrogen-bond acceptors (Lipinski definition) is 7. The van der Waals surface area contributed by atoms with Crippen molar-refractivity contribution in [3.05, 3.63) is 123 Å². The van der Waals surface area contributed by atoms with E-state index in [1.165, 1.54) is 18.2 Å². The van der Waals surface area contributed by atoms with Gasteiger partial charge in [0.15, 0.2) is 5.58 Å². The molecule has 1 unspecified atom stereocenters. The number of amides is 1. The maximum Gasteiger partial charge on any atom is 0.302 e. The number of oxazole rings is 1. The highest BCUT2D eigenvalue weighted by Gasteiger charge is 2.31. The SMILES string of the molecule is CC1=C(C(=O)NCc2cnn(Cc3ccccc3)c2)C(c2ccc(C)cc2Cl)N=C(Nc2nc3ccc(F)cc3o2)N1. The Morgan fingerprint density at radius 3 is 2.74 bits per heavy atom. The molecule has 11 heteroatoms. The normalized spacial score (nSPS) is 15.0. The van der Waals surface area contributed by atoms with E-state index in [2.05, 4.69) is 26.0 Å². The fraction of sp³-hybridized carbons (Fsp3) is 0.161. The van der Waals surface area contributed by atoms with Crippen LogP contribution in [0, 0.1) is 12.7 Å². The van der Waals surface area contributed by atoms with Gasteiger partial charge in [-0.3, -0.25) is 14.8 Å². The zero-order valence-electron chi connectivity index (χ0n) is 22.9. The van der Waals surface area contributed by atoms with Crippen molar-refractivity contribution in [3.63, 3.8) is 0 Å². The van der Waals surface area contributed by atoms with Gasteiger partial charge in [-0.25, -0.2) is 9.38 Å². The number of carbonyl (C=O) groups excluding carboxylic acids is 1. The second-order valence-electron chi connectivity index (χ2n) is 10.0. The average Bonchev–Trinajstić information content (AvgIpc) is 3.57. The van der Waals surface area contributed by atoms with Gasteiger partial charge in [-0.1, -0.05) is 54.1 Å². The van der Waals surface area contributed by atoms with Crippen LogP contribution in [0.25, 0.3) is 11.1 Å². The minimum Gasteiger partial charge on any atom is -0.423 e. The minimum absolute atomic E-state index is 0.129. The van der Waals surface area contributed by atoms with Crippen LogP contribution in [-0.4, -0.2) is 26.6 Å². The Hall–Kier alpha value is -4.96. The van der Waals surface area contributed by atoms with Crippen molar-refractivity contribution in [2.75, 3.05) is 5.32 Å². The van der Waals surface area contributed by atoms with Crippen molar-refractivity contribution < 1.29 is 13.6 Å². The van der Waals surface area contributed by atoms with Crippen LogP contribution in [0.3, 0.4) is 0 Å². The largest absolute Gasteiger partial charge is 0.423 e. The quantitative estimate of drug-likeness (QED) is 0.221. The molecule has 1 amide bonds. The Balaban J connectivity index is 1.23. The van der Waals surface area contributed by atoms with E-state index in [0.717, 1.165) is 16.7 Å². The molecule has 5 aromatic rings. The molecule has 9 nitrogen and oxygen atoms in total. The lowest BCUT2D eigenvalue weighted by Crippen LogP contribution is -2.39. The van der Waals surface area contributed by atoms with E-state index >= 15 is 0 Å². The number of benzene rings is 3. The number of anilines is 1. The molecular weight excluding hydrogens is 557 g/mol. The number of aromatic nitrogens is 3. The number of guanidine groups is 1. The smallest absolute Gasteiger partial charge is 0.302 e. The summed E-state index contributed by atoms with van der Waals surface area (Å²) < 4.78 is 21.1. The first-order chi connectivity index (χ1) is 20.3. The molecule has 0 aliphatic carbocycles. The van der Waals surface area contributed by atoms with Crippen molar-refractivity contribution in [2.45, 2.75) is 33.0 Å². The van der Waals surface area contributed by atoms with Crippen LogP contribution in [-0.2, 0) is 17.9 Å². The molecule has 0 bridgehead atoms. The minimum atomic E-state index is -0.718. The Morgan fingerprint density at radius 1 is 1.10 bits per heavy atom. The molecule has 2 aromatic heterocycles. The highest BCUT2D eigenvalue weighted by atomic mass is 35.5. The van der Waals surface area contributed by atoms with Crippen LogP contribution in [0.4, 0.5) is 10.4 Å². The molecule has 42 heavy (non-hydrogen) atoms. The number of halogens is 2. The van der Waals surface area contributed by atoms with Gasteiger partial charge in [0, 0.05) is 40.7 Å². The van der Waals surface area contributed by atoms with Crippen molar-refractivity contribution in [3.8, 4) is 0 Å². The molecule has 3 N–H and O–H groups in total. The average molecular weight is 584 g/mol. The first-order valence-corrected chi connectivity index (χ1v) is 13.7. The van der Waals surface area contributed by atoms with E-state index in [9.17, 15) is 9.18 Å². The van der Waals surface area contributed by atoms with Crippen molar-refractivity contribution in [1.29, 1.82) is 0 Å². The number of rotatable bonds is 7. The van der Waals surface area contributed by atoms with E-state index in [1.54, 1.807) is 13.1 Å². The zero-order valence-corrected chi connectivity index (χ0v) is 23.6. The monoisotopic (exact) mass is 583 g/mol. The van der Waals surface area contributed by atoms with E-state index in [4.69, 9.17) is 21.0 Å². The summed E-state index contributed by atoms with van der Waals surface area (Å²) in [5.74, 6) is -0.414. The third-order valence-electron chi connectivity index (χ3n) is 6.84. The number of aryl methyl sites for hydroxylation is 1. The molecule has 212 valence electrons. The molecule has 0 saturated heterocycles. The van der Waals surface area contributed by atoms with Crippen LogP contribution in [0.1, 0.15) is 35.2 Å². The molecule has 1 atom stereocenters. The summed E-state index contributed by atoms with van der Waals surface area (Å²) in [6.45, 7) is 4.65. The Morgan fingerprint density at radius 2 is 1.93 bits per heavy atom. The second-order valence-corrected chi connectivity index (χ2v) is 10.4. The molecule has 0 saturated carbocycles. The summed E-state index contributed by atoms with van der Waals surface area (Å²) in [6.07, 6.45) is 3.65. The summed E-state index contributed by atoms with van der Waals surface area (Å²) in [5, 5.41) is 14.1. The molecular formula is C31H27ClFN7O2. The molecule has 3 aromatic carbocycles. The van der Waals surface area contributed by atoms with Gasteiger partial charge in [0.2, 0.25) is 5.96 Å². The lowest BCUT2D eigenvalue weighted by molar-refractivity contribution is -0.118. The van der Waals surface area contributed by atoms with Gasteiger partial charge in [-0.15, -0.1) is 0 Å². The molecule has 6 rings (SSSR count). The molecule has 3 heterocycles. The van der Waals surface area contributed by atoms with Crippen LogP contribution in [0.5, 0.6) is 0 Å². The summed E-state index contributed by atoms with van der Waals surface area (Å²) >= 11 is 6.66. The topological polar surface area (TPSA) is 109 Å². The van der Waals surface area contributed by atoms with Crippen LogP contribution in [0.2, 0.25) is 5.02 Å². The number of carbonyl (C=O) groups is 1. The Labute approximate surface area is 246 Å². The van der Waals surface area contributed by atoms with Crippen LogP contribution < -0.4 is 16.0 Å². The van der Waals surface area contributed by atoms with E-state index in [1.807, 2.05) is 66.3 Å². The Bertz CT molecular complexity index is 1840. The third-order valence-corrected chi connectivity index (χ3v) is 7.17. The van der Waals surface area contributed by atoms with Gasteiger partial charge in [0.05, 0.1) is 18.3 Å². The van der Waals surface area contributed by atoms with Gasteiger partial charge in [-0.2, -0.15) is 10.1 Å². The predicted molar refractivity (Wildman–Crippen MR) is 159 cm³/mol. The van der Waals surface area contributed by atoms with Crippen LogP contribution >= 0.6 is 11.6 Å². The predicted octanol–water partition coefficient (Wildman–Crippen LogP) is 5.88. The summed E-state index contributed by atoms with van der Waals surface area (Å²) in [7, 11) is 0. The first kappa shape index (κ1) is 27.2. The summed E-state index contributed by atoms with van der Waals surface area (Å²) in [4.78, 5) is 22.8. The third kappa shape index (κ3) is 5.89. The van der Waals surface area contributed by atoms with Gasteiger partial charge in [0.1, 0.15) is 17.4 Å². The lowest BCUT2D eigenvalue weighted by atomic mass is 9.95. The molecule has 0 spiro atoms. The number of allylic oxidation sites excluding steroid dienone is 1. The number of fused-ring (bicyclic) bond motifs is 1. The molecule has 1 aliphatic rings. The highest BCUT2D eigenvalue weighted by molar-refractivity contribution is 6.31. The van der Waals surface area contributed by atoms with Gasteiger partial charge in [0.25, 0.3) is 5.91 Å². The lowest BCUT2D eigenvalue weighted by Gasteiger charge is -2.27. The number of nitrogens with zero attached hydrogens (tertiary/aromatic N) is 4. The van der Waals surface area contributed by atoms with Crippen molar-refractivity contribution in [2.24, 2.45) is 4.99 Å². The van der Waals surface area contributed by atoms with E-state index < -0.39 is 11.9 Å². The maximum atomic E-state index is 13.6. The number of aliphatic imine (C=N–C) groups is 1. The zero-order chi connectivity index (χ0) is 29.2. The summed E-state index contributed by atoms with van der Waals surface area (Å²) in [5.41, 5.74) is 5.44. The van der Waals surface area contributed by atoms with Crippen molar-refractivity contribution >= 4 is 40.6 Å². The van der Waals surface area contributed by atoms with E-state index in [-0.39, 0.29) is 18.5 Å². The van der Waals surface area contributed by atoms with E-state index in [0.29, 0.717) is 45.5 Å². The van der Waals surface area contributed by atoms with Gasteiger partial charge >= 0.3 is 6.01 Å². The molecule has 1 aliphatic heterocycles. The first-order valence-electron chi connectivity index (χ1n) is 13.3. The number of nitrogens with one attached hydrogen (secondary N) is 3. The number of hydrogen-bond donors (Lipinski definition) is 3. The molecule has 0 radical (unpaired) electrons.